The van der Waals surface area contributed by atoms with Crippen LogP contribution >= 0.6 is 0 Å². The average Bonchev–Trinajstić information content (AvgIpc) is 3.04. The third-order valence-corrected chi connectivity index (χ3v) is 5.48. The van der Waals surface area contributed by atoms with Crippen LogP contribution in [0.15, 0.2) is 60.7 Å². The van der Waals surface area contributed by atoms with Crippen LogP contribution in [0.5, 0.6) is 17.2 Å². The number of aryl methyl sites for hydroxylation is 1. The Labute approximate surface area is 184 Å². The van der Waals surface area contributed by atoms with Gasteiger partial charge in [-0.2, -0.15) is 0 Å². The number of imide groups is 1. The van der Waals surface area contributed by atoms with Gasteiger partial charge in [0, 0.05) is 18.2 Å². The molecule has 0 radical (unpaired) electrons. The molecule has 0 bridgehead atoms. The lowest BCUT2D eigenvalue weighted by molar-refractivity contribution is -0.116. The Hall–Kier alpha value is -4.13. The van der Waals surface area contributed by atoms with Gasteiger partial charge < -0.3 is 14.8 Å². The summed E-state index contributed by atoms with van der Waals surface area (Å²) < 4.78 is 11.3. The largest absolute Gasteiger partial charge is 0.494 e. The number of carbonyl (C=O) groups is 3. The molecule has 0 saturated heterocycles. The molecule has 2 aliphatic rings. The molecule has 3 amide bonds. The van der Waals surface area contributed by atoms with Crippen LogP contribution in [-0.2, 0) is 11.2 Å². The minimum Gasteiger partial charge on any atom is -0.494 e. The van der Waals surface area contributed by atoms with Crippen molar-refractivity contribution in [1.82, 2.24) is 0 Å². The van der Waals surface area contributed by atoms with Crippen LogP contribution < -0.4 is 19.7 Å². The van der Waals surface area contributed by atoms with Gasteiger partial charge >= 0.3 is 0 Å². The summed E-state index contributed by atoms with van der Waals surface area (Å²) in [5.41, 5.74) is 2.87. The first-order chi connectivity index (χ1) is 15.5. The fraction of sp³-hybridized carbons (Fsp3) is 0.160. The number of nitrogens with one attached hydrogen (secondary N) is 1. The van der Waals surface area contributed by atoms with Gasteiger partial charge in [-0.15, -0.1) is 0 Å². The first-order valence-electron chi connectivity index (χ1n) is 10.4. The molecule has 1 N–H and O–H groups in total. The van der Waals surface area contributed by atoms with E-state index >= 15 is 0 Å². The predicted molar refractivity (Wildman–Crippen MR) is 119 cm³/mol. The van der Waals surface area contributed by atoms with Gasteiger partial charge in [-0.25, -0.2) is 4.90 Å². The lowest BCUT2D eigenvalue weighted by Gasteiger charge is -2.17. The molecule has 160 valence electrons. The minimum absolute atomic E-state index is 0.0225. The second-order valence-corrected chi connectivity index (χ2v) is 7.55. The Morgan fingerprint density at radius 1 is 0.812 bits per heavy atom. The van der Waals surface area contributed by atoms with E-state index in [0.717, 1.165) is 16.2 Å². The van der Waals surface area contributed by atoms with E-state index in [-0.39, 0.29) is 17.4 Å². The van der Waals surface area contributed by atoms with E-state index in [4.69, 9.17) is 9.47 Å². The predicted octanol–water partition coefficient (Wildman–Crippen LogP) is 4.56. The minimum atomic E-state index is -0.405. The van der Waals surface area contributed by atoms with Crippen LogP contribution in [0, 0.1) is 0 Å². The molecule has 0 aromatic heterocycles. The molecule has 2 aliphatic heterocycles. The van der Waals surface area contributed by atoms with Crippen molar-refractivity contribution in [2.45, 2.75) is 19.8 Å². The Balaban J connectivity index is 1.39. The molecule has 0 unspecified atom stereocenters. The topological polar surface area (TPSA) is 84.9 Å². The fourth-order valence-electron chi connectivity index (χ4n) is 3.93. The average molecular weight is 428 g/mol. The number of hydrogen-bond acceptors (Lipinski definition) is 5. The Kier molecular flexibility index (Phi) is 4.86. The lowest BCUT2D eigenvalue weighted by atomic mass is 10.0. The summed E-state index contributed by atoms with van der Waals surface area (Å²) in [6.45, 7) is 2.42. The highest BCUT2D eigenvalue weighted by Gasteiger charge is 2.37. The van der Waals surface area contributed by atoms with Crippen molar-refractivity contribution in [3.8, 4) is 17.2 Å². The molecule has 7 nitrogen and oxygen atoms in total. The van der Waals surface area contributed by atoms with E-state index in [0.29, 0.717) is 47.9 Å². The van der Waals surface area contributed by atoms with Crippen LogP contribution in [0.1, 0.15) is 39.6 Å². The van der Waals surface area contributed by atoms with E-state index in [9.17, 15) is 14.4 Å². The summed E-state index contributed by atoms with van der Waals surface area (Å²) >= 11 is 0. The van der Waals surface area contributed by atoms with Crippen molar-refractivity contribution < 1.29 is 23.9 Å². The Bertz CT molecular complexity index is 1250. The van der Waals surface area contributed by atoms with Crippen molar-refractivity contribution in [1.29, 1.82) is 0 Å². The highest BCUT2D eigenvalue weighted by Crippen LogP contribution is 2.34. The van der Waals surface area contributed by atoms with Gasteiger partial charge in [0.1, 0.15) is 17.2 Å². The van der Waals surface area contributed by atoms with E-state index < -0.39 is 5.91 Å². The third-order valence-electron chi connectivity index (χ3n) is 5.48. The summed E-state index contributed by atoms with van der Waals surface area (Å²) in [6, 6.07) is 17.2. The molecule has 3 aromatic rings. The van der Waals surface area contributed by atoms with Crippen LogP contribution in [0.3, 0.4) is 0 Å². The normalized spacial score (nSPS) is 14.7. The highest BCUT2D eigenvalue weighted by molar-refractivity contribution is 6.34. The van der Waals surface area contributed by atoms with E-state index in [1.54, 1.807) is 48.5 Å². The Morgan fingerprint density at radius 3 is 2.28 bits per heavy atom. The number of rotatable bonds is 5. The quantitative estimate of drug-likeness (QED) is 0.602. The van der Waals surface area contributed by atoms with Crippen LogP contribution in [-0.4, -0.2) is 24.3 Å². The molecule has 0 aliphatic carbocycles. The summed E-state index contributed by atoms with van der Waals surface area (Å²) in [7, 11) is 0. The first-order valence-corrected chi connectivity index (χ1v) is 10.4. The number of anilines is 2. The molecule has 7 heteroatoms. The Morgan fingerprint density at radius 2 is 1.50 bits per heavy atom. The molecule has 5 rings (SSSR count). The van der Waals surface area contributed by atoms with E-state index in [1.807, 2.05) is 19.1 Å². The fourth-order valence-corrected chi connectivity index (χ4v) is 3.93. The van der Waals surface area contributed by atoms with Gasteiger partial charge in [0.05, 0.1) is 23.4 Å². The molecular formula is C25H20N2O5. The number of nitrogens with zero attached hydrogens (tertiary/aromatic N) is 1. The highest BCUT2D eigenvalue weighted by atomic mass is 16.5. The molecule has 0 atom stereocenters. The van der Waals surface area contributed by atoms with Crippen molar-refractivity contribution in [3.63, 3.8) is 0 Å². The second-order valence-electron chi connectivity index (χ2n) is 7.55. The molecule has 0 saturated carbocycles. The number of carbonyl (C=O) groups excluding carboxylic acids is 3. The van der Waals surface area contributed by atoms with Gasteiger partial charge in [-0.3, -0.25) is 14.4 Å². The zero-order chi connectivity index (χ0) is 22.2. The zero-order valence-corrected chi connectivity index (χ0v) is 17.4. The van der Waals surface area contributed by atoms with Crippen LogP contribution in [0.25, 0.3) is 0 Å². The number of benzene rings is 3. The zero-order valence-electron chi connectivity index (χ0n) is 17.4. The van der Waals surface area contributed by atoms with E-state index in [1.165, 1.54) is 0 Å². The number of amides is 3. The number of fused-ring (bicyclic) bond motifs is 2. The standard InChI is InChI=1S/C25H20N2O5/c1-2-31-17-8-5-16(6-9-17)27-24(29)20-11-10-18(13-21(20)25(27)30)32-19-7-3-15-4-12-23(28)26-22(15)14-19/h3,5-11,13-14H,2,4,12H2,1H3,(H,26,28). The van der Waals surface area contributed by atoms with E-state index in [2.05, 4.69) is 5.32 Å². The van der Waals surface area contributed by atoms with Gasteiger partial charge in [0.25, 0.3) is 11.8 Å². The number of ether oxygens (including phenoxy) is 2. The van der Waals surface area contributed by atoms with Gasteiger partial charge in [0.15, 0.2) is 0 Å². The molecule has 0 fully saturated rings. The second kappa shape index (κ2) is 7.85. The summed E-state index contributed by atoms with van der Waals surface area (Å²) in [6.07, 6.45) is 1.16. The molecular weight excluding hydrogens is 408 g/mol. The summed E-state index contributed by atoms with van der Waals surface area (Å²) in [4.78, 5) is 38.7. The van der Waals surface area contributed by atoms with Crippen molar-refractivity contribution >= 4 is 29.1 Å². The van der Waals surface area contributed by atoms with Crippen molar-refractivity contribution in [3.05, 3.63) is 77.4 Å². The monoisotopic (exact) mass is 428 g/mol. The lowest BCUT2D eigenvalue weighted by Crippen LogP contribution is -2.29. The third kappa shape index (κ3) is 3.47. The van der Waals surface area contributed by atoms with Crippen molar-refractivity contribution in [2.24, 2.45) is 0 Å². The van der Waals surface area contributed by atoms with Crippen molar-refractivity contribution in [2.75, 3.05) is 16.8 Å². The summed E-state index contributed by atoms with van der Waals surface area (Å²) in [5, 5.41) is 2.84. The maximum absolute atomic E-state index is 13.0. The number of hydrogen-bond donors (Lipinski definition) is 1. The first kappa shape index (κ1) is 19.8. The molecule has 3 aromatic carbocycles. The molecule has 32 heavy (non-hydrogen) atoms. The molecule has 2 heterocycles. The maximum atomic E-state index is 13.0. The van der Waals surface area contributed by atoms with Gasteiger partial charge in [-0.05, 0) is 67.4 Å². The molecule has 0 spiro atoms. The SMILES string of the molecule is CCOc1ccc(N2C(=O)c3ccc(Oc4ccc5c(c4)NC(=O)CC5)cc3C2=O)cc1. The smallest absolute Gasteiger partial charge is 0.266 e. The summed E-state index contributed by atoms with van der Waals surface area (Å²) in [5.74, 6) is 0.830. The van der Waals surface area contributed by atoms with Gasteiger partial charge in [0.2, 0.25) is 5.91 Å². The van der Waals surface area contributed by atoms with Gasteiger partial charge in [-0.1, -0.05) is 6.07 Å². The maximum Gasteiger partial charge on any atom is 0.266 e. The van der Waals surface area contributed by atoms with Crippen LogP contribution in [0.2, 0.25) is 0 Å². The van der Waals surface area contributed by atoms with Crippen LogP contribution in [0.4, 0.5) is 11.4 Å².